The van der Waals surface area contributed by atoms with Crippen LogP contribution in [-0.2, 0) is 11.3 Å². The highest BCUT2D eigenvalue weighted by Gasteiger charge is 2.08. The van der Waals surface area contributed by atoms with Crippen LogP contribution in [-0.4, -0.2) is 20.9 Å². The second-order valence-corrected chi connectivity index (χ2v) is 4.36. The number of nitrogens with two attached hydrogens (primary N) is 1. The van der Waals surface area contributed by atoms with E-state index in [1.807, 2.05) is 0 Å². The van der Waals surface area contributed by atoms with Gasteiger partial charge in [-0.25, -0.2) is 4.68 Å². The molecule has 1 amide bonds. The highest BCUT2D eigenvalue weighted by atomic mass is 35.5. The van der Waals surface area contributed by atoms with E-state index in [9.17, 15) is 4.79 Å². The highest BCUT2D eigenvalue weighted by molar-refractivity contribution is 6.35. The van der Waals surface area contributed by atoms with Gasteiger partial charge in [0.15, 0.2) is 5.82 Å². The third kappa shape index (κ3) is 3.12. The zero-order valence-electron chi connectivity index (χ0n) is 9.10. The van der Waals surface area contributed by atoms with E-state index in [1.165, 1.54) is 10.9 Å². The Balaban J connectivity index is 2.05. The van der Waals surface area contributed by atoms with Gasteiger partial charge in [-0.1, -0.05) is 28.4 Å². The number of hydrogen-bond acceptors (Lipinski definition) is 4. The van der Waals surface area contributed by atoms with Crippen molar-refractivity contribution in [1.29, 1.82) is 0 Å². The summed E-state index contributed by atoms with van der Waals surface area (Å²) in [5.41, 5.74) is 5.83. The Morgan fingerprint density at radius 1 is 1.44 bits per heavy atom. The monoisotopic (exact) mass is 285 g/mol. The van der Waals surface area contributed by atoms with Crippen LogP contribution in [0, 0.1) is 0 Å². The van der Waals surface area contributed by atoms with Crippen LogP contribution in [0.1, 0.15) is 0 Å². The van der Waals surface area contributed by atoms with E-state index in [1.54, 1.807) is 18.2 Å². The zero-order chi connectivity index (χ0) is 13.1. The van der Waals surface area contributed by atoms with E-state index in [0.29, 0.717) is 15.7 Å². The predicted molar refractivity (Wildman–Crippen MR) is 69.5 cm³/mol. The van der Waals surface area contributed by atoms with E-state index >= 15 is 0 Å². The Morgan fingerprint density at radius 2 is 2.22 bits per heavy atom. The molecule has 0 unspecified atom stereocenters. The molecule has 2 rings (SSSR count). The molecule has 3 N–H and O–H groups in total. The molecule has 0 aliphatic carbocycles. The molecule has 0 spiro atoms. The van der Waals surface area contributed by atoms with Crippen LogP contribution < -0.4 is 11.1 Å². The van der Waals surface area contributed by atoms with E-state index in [-0.39, 0.29) is 18.3 Å². The predicted octanol–water partition coefficient (Wildman–Crippen LogP) is 1.81. The van der Waals surface area contributed by atoms with Crippen LogP contribution in [0.4, 0.5) is 11.5 Å². The van der Waals surface area contributed by atoms with Crippen LogP contribution in [0.3, 0.4) is 0 Å². The molecule has 18 heavy (non-hydrogen) atoms. The lowest BCUT2D eigenvalue weighted by Gasteiger charge is -2.07. The van der Waals surface area contributed by atoms with Gasteiger partial charge in [0, 0.05) is 5.02 Å². The molecule has 2 aromatic rings. The Kier molecular flexibility index (Phi) is 3.69. The van der Waals surface area contributed by atoms with Crippen molar-refractivity contribution >= 4 is 40.6 Å². The van der Waals surface area contributed by atoms with Crippen LogP contribution in [0.5, 0.6) is 0 Å². The quantitative estimate of drug-likeness (QED) is 0.901. The lowest BCUT2D eigenvalue weighted by molar-refractivity contribution is -0.116. The smallest absolute Gasteiger partial charge is 0.246 e. The van der Waals surface area contributed by atoms with Gasteiger partial charge in [-0.05, 0) is 18.2 Å². The van der Waals surface area contributed by atoms with Crippen molar-refractivity contribution in [2.75, 3.05) is 11.1 Å². The first kappa shape index (κ1) is 12.7. The Bertz CT molecular complexity index is 583. The first-order chi connectivity index (χ1) is 8.54. The van der Waals surface area contributed by atoms with Gasteiger partial charge in [-0.15, -0.1) is 5.10 Å². The third-order valence-electron chi connectivity index (χ3n) is 2.06. The lowest BCUT2D eigenvalue weighted by Crippen LogP contribution is -2.19. The molecule has 1 heterocycles. The summed E-state index contributed by atoms with van der Waals surface area (Å²) in [6, 6.07) is 4.81. The Morgan fingerprint density at radius 3 is 2.89 bits per heavy atom. The molecule has 1 aromatic carbocycles. The minimum atomic E-state index is -0.302. The van der Waals surface area contributed by atoms with Crippen LogP contribution in [0.25, 0.3) is 0 Å². The first-order valence-electron chi connectivity index (χ1n) is 4.95. The van der Waals surface area contributed by atoms with Crippen molar-refractivity contribution in [3.63, 3.8) is 0 Å². The summed E-state index contributed by atoms with van der Waals surface area (Å²) in [4.78, 5) is 11.7. The second kappa shape index (κ2) is 5.24. The molecule has 0 radical (unpaired) electrons. The van der Waals surface area contributed by atoms with E-state index < -0.39 is 0 Å². The molecule has 6 nitrogen and oxygen atoms in total. The van der Waals surface area contributed by atoms with Gasteiger partial charge in [0.05, 0.1) is 16.9 Å². The van der Waals surface area contributed by atoms with Crippen molar-refractivity contribution in [2.24, 2.45) is 0 Å². The topological polar surface area (TPSA) is 85.8 Å². The van der Waals surface area contributed by atoms with Crippen LogP contribution in [0.15, 0.2) is 24.4 Å². The van der Waals surface area contributed by atoms with Crippen molar-refractivity contribution in [2.45, 2.75) is 6.54 Å². The van der Waals surface area contributed by atoms with Crippen molar-refractivity contribution in [1.82, 2.24) is 15.0 Å². The third-order valence-corrected chi connectivity index (χ3v) is 2.63. The number of nitrogen functional groups attached to an aromatic ring is 1. The normalized spacial score (nSPS) is 10.3. The zero-order valence-corrected chi connectivity index (χ0v) is 10.6. The fourth-order valence-electron chi connectivity index (χ4n) is 1.32. The van der Waals surface area contributed by atoms with Gasteiger partial charge in [0.2, 0.25) is 5.91 Å². The second-order valence-electron chi connectivity index (χ2n) is 3.51. The highest BCUT2D eigenvalue weighted by Crippen LogP contribution is 2.25. The summed E-state index contributed by atoms with van der Waals surface area (Å²) in [5, 5.41) is 10.7. The SMILES string of the molecule is Nc1cn(CC(=O)Nc2cc(Cl)ccc2Cl)nn1. The number of carbonyl (C=O) groups excluding carboxylic acids is 1. The maximum Gasteiger partial charge on any atom is 0.246 e. The van der Waals surface area contributed by atoms with Gasteiger partial charge >= 0.3 is 0 Å². The molecule has 0 fully saturated rings. The van der Waals surface area contributed by atoms with Gasteiger partial charge in [0.25, 0.3) is 0 Å². The van der Waals surface area contributed by atoms with Crippen molar-refractivity contribution in [3.05, 3.63) is 34.4 Å². The fraction of sp³-hybridized carbons (Fsp3) is 0.100. The molecule has 0 saturated heterocycles. The van der Waals surface area contributed by atoms with Gasteiger partial charge < -0.3 is 11.1 Å². The number of carbonyl (C=O) groups is 1. The summed E-state index contributed by atoms with van der Waals surface area (Å²) in [5.74, 6) is -0.0485. The Labute approximate surface area is 113 Å². The average Bonchev–Trinajstić information content (AvgIpc) is 2.69. The summed E-state index contributed by atoms with van der Waals surface area (Å²) in [7, 11) is 0. The number of amides is 1. The number of nitrogens with zero attached hydrogens (tertiary/aromatic N) is 3. The molecule has 0 aliphatic rings. The van der Waals surface area contributed by atoms with Gasteiger partial charge in [-0.2, -0.15) is 0 Å². The molecule has 0 bridgehead atoms. The van der Waals surface area contributed by atoms with Crippen molar-refractivity contribution in [3.8, 4) is 0 Å². The summed E-state index contributed by atoms with van der Waals surface area (Å²) >= 11 is 11.7. The largest absolute Gasteiger partial charge is 0.381 e. The molecular weight excluding hydrogens is 277 g/mol. The number of benzene rings is 1. The molecular formula is C10H9Cl2N5O. The Hall–Kier alpha value is -1.79. The molecule has 0 atom stereocenters. The molecule has 94 valence electrons. The van der Waals surface area contributed by atoms with Gasteiger partial charge in [-0.3, -0.25) is 4.79 Å². The number of anilines is 2. The lowest BCUT2D eigenvalue weighted by atomic mass is 10.3. The molecule has 0 aliphatic heterocycles. The standard InChI is InChI=1S/C10H9Cl2N5O/c11-6-1-2-7(12)8(3-6)14-10(18)5-17-4-9(13)15-16-17/h1-4H,5,13H2,(H,14,18). The maximum atomic E-state index is 11.7. The minimum absolute atomic E-state index is 0.00690. The number of hydrogen-bond donors (Lipinski definition) is 2. The van der Waals surface area contributed by atoms with E-state index in [4.69, 9.17) is 28.9 Å². The van der Waals surface area contributed by atoms with Crippen LogP contribution >= 0.6 is 23.2 Å². The summed E-state index contributed by atoms with van der Waals surface area (Å²) in [6.45, 7) is -0.00690. The summed E-state index contributed by atoms with van der Waals surface area (Å²) in [6.07, 6.45) is 1.46. The molecule has 1 aromatic heterocycles. The van der Waals surface area contributed by atoms with Crippen molar-refractivity contribution < 1.29 is 4.79 Å². The maximum absolute atomic E-state index is 11.7. The number of halogens is 2. The van der Waals surface area contributed by atoms with E-state index in [2.05, 4.69) is 15.6 Å². The van der Waals surface area contributed by atoms with Crippen LogP contribution in [0.2, 0.25) is 10.0 Å². The van der Waals surface area contributed by atoms with E-state index in [0.717, 1.165) is 0 Å². The molecule has 8 heteroatoms. The minimum Gasteiger partial charge on any atom is -0.381 e. The number of rotatable bonds is 3. The fourth-order valence-corrected chi connectivity index (χ4v) is 1.66. The average molecular weight is 286 g/mol. The van der Waals surface area contributed by atoms with Gasteiger partial charge in [0.1, 0.15) is 6.54 Å². The molecule has 0 saturated carbocycles. The number of nitrogens with one attached hydrogen (secondary N) is 1. The summed E-state index contributed by atoms with van der Waals surface area (Å²) < 4.78 is 1.32. The first-order valence-corrected chi connectivity index (χ1v) is 5.70. The number of aromatic nitrogens is 3.